The molecule has 0 amide bonds. The van der Waals surface area contributed by atoms with Crippen molar-refractivity contribution in [2.24, 2.45) is 0 Å². The van der Waals surface area contributed by atoms with Crippen molar-refractivity contribution in [3.63, 3.8) is 0 Å². The van der Waals surface area contributed by atoms with E-state index < -0.39 is 0 Å². The molecule has 0 radical (unpaired) electrons. The molecular weight excluding hydrogens is 142 g/mol. The minimum absolute atomic E-state index is 1.10. The quantitative estimate of drug-likeness (QED) is 0.537. The number of nitrogens with zero attached hydrogens (tertiary/aromatic N) is 1. The number of rotatable bonds is 1. The summed E-state index contributed by atoms with van der Waals surface area (Å²) in [6.45, 7) is 4.46. The van der Waals surface area contributed by atoms with Crippen LogP contribution in [-0.2, 0) is 0 Å². The lowest BCUT2D eigenvalue weighted by molar-refractivity contribution is 0.442. The molecule has 1 aliphatic rings. The highest BCUT2D eigenvalue weighted by Gasteiger charge is 2.09. The first-order valence-corrected chi connectivity index (χ1v) is 4.53. The van der Waals surface area contributed by atoms with Crippen molar-refractivity contribution in [1.29, 1.82) is 0 Å². The molecule has 0 aromatic carbocycles. The second-order valence-corrected chi connectivity index (χ2v) is 3.26. The standard InChI is InChI=1S/C8H15NS/c1-2-9-7-5-3-4-6-8(9)10/h2-7H2,1H3. The maximum atomic E-state index is 5.24. The third-order valence-electron chi connectivity index (χ3n) is 2.05. The summed E-state index contributed by atoms with van der Waals surface area (Å²) in [7, 11) is 0. The molecule has 0 N–H and O–H groups in total. The highest BCUT2D eigenvalue weighted by Crippen LogP contribution is 2.11. The first-order chi connectivity index (χ1) is 4.84. The van der Waals surface area contributed by atoms with E-state index in [-0.39, 0.29) is 0 Å². The molecular formula is C8H15NS. The maximum absolute atomic E-state index is 5.24. The molecule has 2 heteroatoms. The van der Waals surface area contributed by atoms with Gasteiger partial charge in [-0.3, -0.25) is 0 Å². The molecule has 0 spiro atoms. The first kappa shape index (κ1) is 7.99. The summed E-state index contributed by atoms with van der Waals surface area (Å²) in [5.74, 6) is 0. The van der Waals surface area contributed by atoms with Crippen LogP contribution in [-0.4, -0.2) is 23.0 Å². The summed E-state index contributed by atoms with van der Waals surface area (Å²) >= 11 is 5.24. The third-order valence-corrected chi connectivity index (χ3v) is 2.52. The fourth-order valence-electron chi connectivity index (χ4n) is 1.37. The third kappa shape index (κ3) is 1.94. The average molecular weight is 157 g/mol. The van der Waals surface area contributed by atoms with Gasteiger partial charge in [-0.1, -0.05) is 18.6 Å². The summed E-state index contributed by atoms with van der Waals surface area (Å²) in [5, 5.41) is 0. The Bertz CT molecular complexity index is 122. The van der Waals surface area contributed by atoms with Gasteiger partial charge in [-0.15, -0.1) is 0 Å². The van der Waals surface area contributed by atoms with E-state index in [0.717, 1.165) is 13.0 Å². The lowest BCUT2D eigenvalue weighted by atomic mass is 10.2. The van der Waals surface area contributed by atoms with E-state index in [2.05, 4.69) is 11.8 Å². The molecule has 1 nitrogen and oxygen atoms in total. The molecule has 10 heavy (non-hydrogen) atoms. The van der Waals surface area contributed by atoms with Gasteiger partial charge in [-0.2, -0.15) is 0 Å². The first-order valence-electron chi connectivity index (χ1n) is 4.12. The smallest absolute Gasteiger partial charge is 0.0779 e. The van der Waals surface area contributed by atoms with Crippen molar-refractivity contribution in [1.82, 2.24) is 4.90 Å². The second kappa shape index (κ2) is 3.91. The van der Waals surface area contributed by atoms with Gasteiger partial charge < -0.3 is 4.90 Å². The molecule has 0 atom stereocenters. The van der Waals surface area contributed by atoms with Gasteiger partial charge in [0.2, 0.25) is 0 Å². The fraction of sp³-hybridized carbons (Fsp3) is 0.875. The molecule has 1 fully saturated rings. The summed E-state index contributed by atoms with van der Waals surface area (Å²) < 4.78 is 0. The summed E-state index contributed by atoms with van der Waals surface area (Å²) in [5.41, 5.74) is 0. The van der Waals surface area contributed by atoms with Crippen LogP contribution < -0.4 is 0 Å². The SMILES string of the molecule is CCN1CCCCCC1=S. The van der Waals surface area contributed by atoms with Crippen LogP contribution in [0.3, 0.4) is 0 Å². The number of likely N-dealkylation sites (tertiary alicyclic amines) is 1. The van der Waals surface area contributed by atoms with Crippen molar-refractivity contribution >= 4 is 17.2 Å². The van der Waals surface area contributed by atoms with Gasteiger partial charge in [0.1, 0.15) is 0 Å². The Kier molecular flexibility index (Phi) is 3.13. The molecule has 1 aliphatic heterocycles. The van der Waals surface area contributed by atoms with Crippen LogP contribution in [0.1, 0.15) is 32.6 Å². The number of hydrogen-bond donors (Lipinski definition) is 0. The van der Waals surface area contributed by atoms with Crippen LogP contribution >= 0.6 is 12.2 Å². The Morgan fingerprint density at radius 3 is 2.90 bits per heavy atom. The van der Waals surface area contributed by atoms with Gasteiger partial charge in [-0.05, 0) is 26.2 Å². The van der Waals surface area contributed by atoms with Crippen molar-refractivity contribution in [2.75, 3.05) is 13.1 Å². The van der Waals surface area contributed by atoms with E-state index in [9.17, 15) is 0 Å². The second-order valence-electron chi connectivity index (χ2n) is 2.78. The van der Waals surface area contributed by atoms with Gasteiger partial charge in [-0.25, -0.2) is 0 Å². The van der Waals surface area contributed by atoms with Crippen LogP contribution in [0.15, 0.2) is 0 Å². The van der Waals surface area contributed by atoms with Crippen LogP contribution in [0.4, 0.5) is 0 Å². The minimum Gasteiger partial charge on any atom is -0.366 e. The van der Waals surface area contributed by atoms with Gasteiger partial charge in [0.15, 0.2) is 0 Å². The molecule has 0 bridgehead atoms. The van der Waals surface area contributed by atoms with Crippen LogP contribution in [0.25, 0.3) is 0 Å². The largest absolute Gasteiger partial charge is 0.366 e. The van der Waals surface area contributed by atoms with E-state index in [0.29, 0.717) is 0 Å². The molecule has 1 heterocycles. The molecule has 0 aromatic heterocycles. The predicted molar refractivity (Wildman–Crippen MR) is 48.3 cm³/mol. The average Bonchev–Trinajstić information content (AvgIpc) is 2.13. The highest BCUT2D eigenvalue weighted by atomic mass is 32.1. The Morgan fingerprint density at radius 1 is 1.40 bits per heavy atom. The Balaban J connectivity index is 2.43. The summed E-state index contributed by atoms with van der Waals surface area (Å²) in [4.78, 5) is 3.50. The molecule has 0 saturated carbocycles. The Labute approximate surface area is 68.4 Å². The number of thiocarbonyl (C=S) groups is 1. The molecule has 0 aromatic rings. The van der Waals surface area contributed by atoms with E-state index in [4.69, 9.17) is 12.2 Å². The van der Waals surface area contributed by atoms with Crippen molar-refractivity contribution < 1.29 is 0 Å². The van der Waals surface area contributed by atoms with Crippen molar-refractivity contribution in [3.8, 4) is 0 Å². The van der Waals surface area contributed by atoms with Crippen molar-refractivity contribution in [3.05, 3.63) is 0 Å². The van der Waals surface area contributed by atoms with E-state index >= 15 is 0 Å². The van der Waals surface area contributed by atoms with Gasteiger partial charge in [0.25, 0.3) is 0 Å². The fourth-order valence-corrected chi connectivity index (χ4v) is 1.74. The van der Waals surface area contributed by atoms with Crippen LogP contribution in [0.2, 0.25) is 0 Å². The molecule has 0 aliphatic carbocycles. The number of hydrogen-bond acceptors (Lipinski definition) is 1. The zero-order valence-electron chi connectivity index (χ0n) is 6.60. The van der Waals surface area contributed by atoms with Gasteiger partial charge in [0, 0.05) is 13.1 Å². The zero-order chi connectivity index (χ0) is 7.40. The Morgan fingerprint density at radius 2 is 2.20 bits per heavy atom. The monoisotopic (exact) mass is 157 g/mol. The van der Waals surface area contributed by atoms with E-state index in [1.54, 1.807) is 0 Å². The molecule has 1 saturated heterocycles. The highest BCUT2D eigenvalue weighted by molar-refractivity contribution is 7.80. The zero-order valence-corrected chi connectivity index (χ0v) is 7.41. The van der Waals surface area contributed by atoms with Gasteiger partial charge >= 0.3 is 0 Å². The minimum atomic E-state index is 1.10. The topological polar surface area (TPSA) is 3.24 Å². The lowest BCUT2D eigenvalue weighted by Crippen LogP contribution is -2.28. The molecule has 1 rings (SSSR count). The maximum Gasteiger partial charge on any atom is 0.0779 e. The predicted octanol–water partition coefficient (Wildman–Crippen LogP) is 2.21. The van der Waals surface area contributed by atoms with Gasteiger partial charge in [0.05, 0.1) is 4.99 Å². The van der Waals surface area contributed by atoms with E-state index in [1.165, 1.54) is 30.8 Å². The van der Waals surface area contributed by atoms with Crippen LogP contribution in [0.5, 0.6) is 0 Å². The summed E-state index contributed by atoms with van der Waals surface area (Å²) in [6, 6.07) is 0. The molecule has 58 valence electrons. The van der Waals surface area contributed by atoms with E-state index in [1.807, 2.05) is 0 Å². The van der Waals surface area contributed by atoms with Crippen LogP contribution in [0, 0.1) is 0 Å². The molecule has 0 unspecified atom stereocenters. The van der Waals surface area contributed by atoms with Crippen molar-refractivity contribution in [2.45, 2.75) is 32.6 Å². The summed E-state index contributed by atoms with van der Waals surface area (Å²) in [6.07, 6.45) is 5.13. The lowest BCUT2D eigenvalue weighted by Gasteiger charge is -2.20. The normalized spacial score (nSPS) is 20.9. The Hall–Kier alpha value is -0.110.